The topological polar surface area (TPSA) is 26.3 Å². The van der Waals surface area contributed by atoms with Crippen molar-refractivity contribution < 1.29 is 9.53 Å². The SMILES string of the molecule is C[C@H]1C(=O)O[C@H]1C1CCCCC1. The first kappa shape index (κ1) is 8.09. The van der Waals surface area contributed by atoms with E-state index in [-0.39, 0.29) is 18.0 Å². The Labute approximate surface area is 73.3 Å². The number of hydrogen-bond acceptors (Lipinski definition) is 2. The second-order valence-electron chi connectivity index (χ2n) is 4.09. The van der Waals surface area contributed by atoms with Crippen LogP contribution in [0.3, 0.4) is 0 Å². The van der Waals surface area contributed by atoms with Gasteiger partial charge < -0.3 is 4.74 Å². The monoisotopic (exact) mass is 168 g/mol. The van der Waals surface area contributed by atoms with Crippen LogP contribution in [0.4, 0.5) is 0 Å². The third-order valence-electron chi connectivity index (χ3n) is 3.23. The van der Waals surface area contributed by atoms with Crippen molar-refractivity contribution in [3.63, 3.8) is 0 Å². The fourth-order valence-corrected chi connectivity index (χ4v) is 2.37. The molecule has 1 saturated carbocycles. The normalized spacial score (nSPS) is 37.2. The summed E-state index contributed by atoms with van der Waals surface area (Å²) in [6, 6.07) is 0. The lowest BCUT2D eigenvalue weighted by atomic mass is 9.78. The minimum Gasteiger partial charge on any atom is -0.461 e. The Hall–Kier alpha value is -0.530. The third kappa shape index (κ3) is 1.23. The zero-order chi connectivity index (χ0) is 8.55. The van der Waals surface area contributed by atoms with Crippen molar-refractivity contribution >= 4 is 5.97 Å². The van der Waals surface area contributed by atoms with Crippen molar-refractivity contribution in [2.24, 2.45) is 11.8 Å². The smallest absolute Gasteiger partial charge is 0.312 e. The molecule has 68 valence electrons. The molecule has 12 heavy (non-hydrogen) atoms. The largest absolute Gasteiger partial charge is 0.461 e. The van der Waals surface area contributed by atoms with E-state index in [1.807, 2.05) is 6.92 Å². The first-order valence-electron chi connectivity index (χ1n) is 4.99. The van der Waals surface area contributed by atoms with Gasteiger partial charge in [-0.2, -0.15) is 0 Å². The molecule has 1 saturated heterocycles. The van der Waals surface area contributed by atoms with E-state index in [2.05, 4.69) is 0 Å². The Morgan fingerprint density at radius 1 is 1.25 bits per heavy atom. The molecule has 0 radical (unpaired) electrons. The molecule has 2 heteroatoms. The predicted octanol–water partition coefficient (Wildman–Crippen LogP) is 2.13. The Balaban J connectivity index is 1.88. The molecule has 0 unspecified atom stereocenters. The molecule has 0 aromatic carbocycles. The van der Waals surface area contributed by atoms with E-state index >= 15 is 0 Å². The Morgan fingerprint density at radius 2 is 1.92 bits per heavy atom. The van der Waals surface area contributed by atoms with Crippen LogP contribution in [0.25, 0.3) is 0 Å². The summed E-state index contributed by atoms with van der Waals surface area (Å²) in [6.45, 7) is 1.99. The molecule has 1 aliphatic carbocycles. The Morgan fingerprint density at radius 3 is 2.42 bits per heavy atom. The average molecular weight is 168 g/mol. The Kier molecular flexibility index (Phi) is 2.07. The zero-order valence-corrected chi connectivity index (χ0v) is 7.58. The van der Waals surface area contributed by atoms with Gasteiger partial charge in [0.1, 0.15) is 6.10 Å². The van der Waals surface area contributed by atoms with Gasteiger partial charge in [-0.3, -0.25) is 4.79 Å². The molecule has 2 rings (SSSR count). The molecule has 0 aromatic rings. The maximum atomic E-state index is 10.9. The van der Waals surface area contributed by atoms with Crippen LogP contribution in [-0.4, -0.2) is 12.1 Å². The maximum absolute atomic E-state index is 10.9. The van der Waals surface area contributed by atoms with Crippen LogP contribution in [-0.2, 0) is 9.53 Å². The summed E-state index contributed by atoms with van der Waals surface area (Å²) in [5.74, 6) is 0.852. The van der Waals surface area contributed by atoms with Gasteiger partial charge in [-0.1, -0.05) is 19.3 Å². The van der Waals surface area contributed by atoms with Crippen LogP contribution >= 0.6 is 0 Å². The quantitative estimate of drug-likeness (QED) is 0.561. The van der Waals surface area contributed by atoms with Crippen LogP contribution in [0, 0.1) is 11.8 Å². The van der Waals surface area contributed by atoms with Crippen molar-refractivity contribution in [3.05, 3.63) is 0 Å². The van der Waals surface area contributed by atoms with Gasteiger partial charge in [-0.05, 0) is 25.7 Å². The standard InChI is InChI=1S/C10H16O2/c1-7-9(12-10(7)11)8-5-3-2-4-6-8/h7-9H,2-6H2,1H3/t7-,9-/m1/s1. The molecule has 0 aromatic heterocycles. The first-order valence-corrected chi connectivity index (χ1v) is 4.99. The van der Waals surface area contributed by atoms with Crippen molar-refractivity contribution in [2.75, 3.05) is 0 Å². The average Bonchev–Trinajstić information content (AvgIpc) is 2.15. The molecule has 2 fully saturated rings. The van der Waals surface area contributed by atoms with Gasteiger partial charge in [0.2, 0.25) is 0 Å². The highest BCUT2D eigenvalue weighted by Gasteiger charge is 2.43. The summed E-state index contributed by atoms with van der Waals surface area (Å²) in [7, 11) is 0. The van der Waals surface area contributed by atoms with Crippen LogP contribution in [0.1, 0.15) is 39.0 Å². The Bertz CT molecular complexity index is 182. The van der Waals surface area contributed by atoms with E-state index in [9.17, 15) is 4.79 Å². The van der Waals surface area contributed by atoms with Crippen LogP contribution in [0.5, 0.6) is 0 Å². The van der Waals surface area contributed by atoms with E-state index in [1.165, 1.54) is 32.1 Å². The molecule has 1 heterocycles. The summed E-state index contributed by atoms with van der Waals surface area (Å²) in [5.41, 5.74) is 0. The van der Waals surface area contributed by atoms with Crippen molar-refractivity contribution in [3.8, 4) is 0 Å². The molecule has 0 spiro atoms. The molecule has 0 bridgehead atoms. The summed E-state index contributed by atoms with van der Waals surface area (Å²) in [5, 5.41) is 0. The molecule has 0 N–H and O–H groups in total. The maximum Gasteiger partial charge on any atom is 0.312 e. The van der Waals surface area contributed by atoms with E-state index in [4.69, 9.17) is 4.74 Å². The lowest BCUT2D eigenvalue weighted by molar-refractivity contribution is -0.190. The second-order valence-corrected chi connectivity index (χ2v) is 4.09. The van der Waals surface area contributed by atoms with Crippen LogP contribution < -0.4 is 0 Å². The minimum atomic E-state index is 0.00516. The summed E-state index contributed by atoms with van der Waals surface area (Å²) in [6.07, 6.45) is 6.81. The molecular formula is C10H16O2. The summed E-state index contributed by atoms with van der Waals surface area (Å²) in [4.78, 5) is 10.9. The fourth-order valence-electron chi connectivity index (χ4n) is 2.37. The van der Waals surface area contributed by atoms with Crippen molar-refractivity contribution in [2.45, 2.75) is 45.1 Å². The van der Waals surface area contributed by atoms with E-state index in [0.29, 0.717) is 5.92 Å². The van der Waals surface area contributed by atoms with E-state index < -0.39 is 0 Å². The van der Waals surface area contributed by atoms with Gasteiger partial charge in [-0.25, -0.2) is 0 Å². The lowest BCUT2D eigenvalue weighted by Crippen LogP contribution is -2.48. The number of carbonyl (C=O) groups is 1. The van der Waals surface area contributed by atoms with Crippen LogP contribution in [0.15, 0.2) is 0 Å². The zero-order valence-electron chi connectivity index (χ0n) is 7.58. The number of hydrogen-bond donors (Lipinski definition) is 0. The van der Waals surface area contributed by atoms with Gasteiger partial charge in [0, 0.05) is 0 Å². The van der Waals surface area contributed by atoms with Gasteiger partial charge in [-0.15, -0.1) is 0 Å². The predicted molar refractivity (Wildman–Crippen MR) is 45.6 cm³/mol. The minimum absolute atomic E-state index is 0.00516. The van der Waals surface area contributed by atoms with E-state index in [0.717, 1.165) is 0 Å². The fraction of sp³-hybridized carbons (Fsp3) is 0.900. The number of ether oxygens (including phenoxy) is 1. The number of esters is 1. The van der Waals surface area contributed by atoms with E-state index in [1.54, 1.807) is 0 Å². The summed E-state index contributed by atoms with van der Waals surface area (Å²) < 4.78 is 5.15. The highest BCUT2D eigenvalue weighted by Crippen LogP contribution is 2.36. The summed E-state index contributed by atoms with van der Waals surface area (Å²) >= 11 is 0. The molecular weight excluding hydrogens is 152 g/mol. The number of rotatable bonds is 1. The molecule has 2 aliphatic rings. The second kappa shape index (κ2) is 3.08. The third-order valence-corrected chi connectivity index (χ3v) is 3.23. The van der Waals surface area contributed by atoms with Crippen molar-refractivity contribution in [1.29, 1.82) is 0 Å². The van der Waals surface area contributed by atoms with Gasteiger partial charge >= 0.3 is 5.97 Å². The molecule has 2 nitrogen and oxygen atoms in total. The van der Waals surface area contributed by atoms with Gasteiger partial charge in [0.15, 0.2) is 0 Å². The van der Waals surface area contributed by atoms with Gasteiger partial charge in [0.05, 0.1) is 5.92 Å². The highest BCUT2D eigenvalue weighted by atomic mass is 16.6. The highest BCUT2D eigenvalue weighted by molar-refractivity contribution is 5.78. The van der Waals surface area contributed by atoms with Gasteiger partial charge in [0.25, 0.3) is 0 Å². The molecule has 1 aliphatic heterocycles. The number of carbonyl (C=O) groups excluding carboxylic acids is 1. The molecule has 2 atom stereocenters. The lowest BCUT2D eigenvalue weighted by Gasteiger charge is -2.40. The molecule has 0 amide bonds. The number of cyclic esters (lactones) is 1. The first-order chi connectivity index (χ1) is 5.79. The van der Waals surface area contributed by atoms with Crippen LogP contribution in [0.2, 0.25) is 0 Å². The van der Waals surface area contributed by atoms with Crippen molar-refractivity contribution in [1.82, 2.24) is 0 Å².